The van der Waals surface area contributed by atoms with Crippen LogP contribution in [0.3, 0.4) is 0 Å². The van der Waals surface area contributed by atoms with E-state index in [1.54, 1.807) is 5.53 Å². The predicted molar refractivity (Wildman–Crippen MR) is 53.4 cm³/mol. The Morgan fingerprint density at radius 2 is 1.27 bits per heavy atom. The number of nitrogens with two attached hydrogens (primary N) is 2. The Morgan fingerprint density at radius 1 is 1.00 bits per heavy atom. The van der Waals surface area contributed by atoms with Crippen LogP contribution in [0.5, 0.6) is 0 Å². The zero-order chi connectivity index (χ0) is 8.69. The molecule has 0 saturated carbocycles. The Hall–Kier alpha value is 0.0600. The molecular formula is C6H9Br2N3. The molecule has 0 aromatic heterocycles. The molecule has 0 atom stereocenters. The van der Waals surface area contributed by atoms with Crippen molar-refractivity contribution in [3.8, 4) is 0 Å². The number of hydrogen-bond donors (Lipinski definition) is 3. The second-order valence-electron chi connectivity index (χ2n) is 1.58. The van der Waals surface area contributed by atoms with E-state index in [1.807, 2.05) is 24.3 Å². The van der Waals surface area contributed by atoms with E-state index in [2.05, 4.69) is 43.5 Å². The summed E-state index contributed by atoms with van der Waals surface area (Å²) in [5, 5.41) is 0. The first-order valence-corrected chi connectivity index (χ1v) is 4.37. The lowest BCUT2D eigenvalue weighted by Gasteiger charge is -1.89. The number of rotatable bonds is 0. The highest BCUT2D eigenvalue weighted by atomic mass is 79.9. The molecule has 62 valence electrons. The highest BCUT2D eigenvalue weighted by Crippen LogP contribution is 2.20. The fourth-order valence-electron chi connectivity index (χ4n) is 0.439. The van der Waals surface area contributed by atoms with Crippen LogP contribution in [-0.4, -0.2) is 0 Å². The Bertz CT molecular complexity index is 184. The summed E-state index contributed by atoms with van der Waals surface area (Å²) in [6, 6.07) is 7.94. The van der Waals surface area contributed by atoms with Gasteiger partial charge in [-0.2, -0.15) is 5.53 Å². The summed E-state index contributed by atoms with van der Waals surface area (Å²) < 4.78 is 2.19. The molecule has 11 heavy (non-hydrogen) atoms. The van der Waals surface area contributed by atoms with Crippen molar-refractivity contribution in [2.45, 2.75) is 0 Å². The Kier molecular flexibility index (Phi) is 6.79. The minimum absolute atomic E-state index is 1.10. The molecule has 1 rings (SSSR count). The van der Waals surface area contributed by atoms with Gasteiger partial charge in [0.1, 0.15) is 0 Å². The lowest BCUT2D eigenvalue weighted by Crippen LogP contribution is -2.29. The SMILES string of the molecule is Brc1ccccc1Br.NNN. The first-order chi connectivity index (χ1) is 5.22. The average molecular weight is 283 g/mol. The van der Waals surface area contributed by atoms with Crippen LogP contribution in [0.4, 0.5) is 0 Å². The van der Waals surface area contributed by atoms with Crippen LogP contribution in [-0.2, 0) is 0 Å². The second kappa shape index (κ2) is 6.75. The summed E-state index contributed by atoms with van der Waals surface area (Å²) in [5.74, 6) is 8.75. The molecule has 0 heterocycles. The molecule has 1 aromatic rings. The standard InChI is InChI=1S/C6H4Br2.H5N3/c7-5-3-1-2-4-6(5)8;1-3-2/h1-4H;3H,1-2H2. The Balaban J connectivity index is 0.000000292. The van der Waals surface area contributed by atoms with Gasteiger partial charge in [0, 0.05) is 8.95 Å². The molecule has 1 aromatic carbocycles. The molecule has 5 N–H and O–H groups in total. The van der Waals surface area contributed by atoms with E-state index in [4.69, 9.17) is 0 Å². The first kappa shape index (κ1) is 11.1. The third-order valence-corrected chi connectivity index (χ3v) is 2.74. The van der Waals surface area contributed by atoms with E-state index in [9.17, 15) is 0 Å². The minimum Gasteiger partial charge on any atom is -0.258 e. The smallest absolute Gasteiger partial charge is 0.0317 e. The van der Waals surface area contributed by atoms with Crippen molar-refractivity contribution in [3.63, 3.8) is 0 Å². The van der Waals surface area contributed by atoms with Crippen LogP contribution in [0.25, 0.3) is 0 Å². The molecule has 0 saturated heterocycles. The summed E-state index contributed by atoms with van der Waals surface area (Å²) in [6.07, 6.45) is 0. The first-order valence-electron chi connectivity index (χ1n) is 2.78. The Morgan fingerprint density at radius 3 is 1.45 bits per heavy atom. The highest BCUT2D eigenvalue weighted by Gasteiger charge is 1.88. The maximum absolute atomic E-state index is 4.38. The van der Waals surface area contributed by atoms with Crippen molar-refractivity contribution < 1.29 is 0 Å². The van der Waals surface area contributed by atoms with Crippen LogP contribution in [0.1, 0.15) is 0 Å². The van der Waals surface area contributed by atoms with E-state index in [-0.39, 0.29) is 0 Å². The number of halogens is 2. The van der Waals surface area contributed by atoms with Gasteiger partial charge in [0.15, 0.2) is 0 Å². The van der Waals surface area contributed by atoms with E-state index >= 15 is 0 Å². The maximum Gasteiger partial charge on any atom is 0.0317 e. The zero-order valence-electron chi connectivity index (χ0n) is 5.72. The van der Waals surface area contributed by atoms with Crippen LogP contribution in [0, 0.1) is 0 Å². The molecule has 0 aliphatic rings. The number of hydrazine groups is 2. The number of benzene rings is 1. The fraction of sp³-hybridized carbons (Fsp3) is 0. The van der Waals surface area contributed by atoms with Gasteiger partial charge in [0.05, 0.1) is 0 Å². The van der Waals surface area contributed by atoms with E-state index in [0.717, 1.165) is 8.95 Å². The normalized spacial score (nSPS) is 8.36. The molecule has 0 radical (unpaired) electrons. The molecule has 0 unspecified atom stereocenters. The highest BCUT2D eigenvalue weighted by molar-refractivity contribution is 9.13. The van der Waals surface area contributed by atoms with E-state index < -0.39 is 0 Å². The summed E-state index contributed by atoms with van der Waals surface area (Å²) in [6.45, 7) is 0. The van der Waals surface area contributed by atoms with Gasteiger partial charge in [-0.15, -0.1) is 0 Å². The van der Waals surface area contributed by atoms with Gasteiger partial charge in [0.25, 0.3) is 0 Å². The van der Waals surface area contributed by atoms with Crippen molar-refractivity contribution >= 4 is 31.9 Å². The third-order valence-electron chi connectivity index (χ3n) is 0.824. The molecule has 0 fully saturated rings. The van der Waals surface area contributed by atoms with Crippen LogP contribution in [0.15, 0.2) is 33.2 Å². The molecule has 0 amide bonds. The Labute approximate surface area is 82.3 Å². The minimum atomic E-state index is 1.10. The molecule has 0 aliphatic heterocycles. The fourth-order valence-corrected chi connectivity index (χ4v) is 1.01. The molecule has 0 spiro atoms. The van der Waals surface area contributed by atoms with Crippen molar-refractivity contribution in [3.05, 3.63) is 33.2 Å². The van der Waals surface area contributed by atoms with E-state index in [1.165, 1.54) is 0 Å². The molecular weight excluding hydrogens is 274 g/mol. The molecule has 3 nitrogen and oxygen atoms in total. The quantitative estimate of drug-likeness (QED) is 0.500. The van der Waals surface area contributed by atoms with Crippen molar-refractivity contribution in [1.82, 2.24) is 5.53 Å². The van der Waals surface area contributed by atoms with Crippen molar-refractivity contribution in [2.24, 2.45) is 11.7 Å². The molecule has 0 aliphatic carbocycles. The second-order valence-corrected chi connectivity index (χ2v) is 3.29. The lowest BCUT2D eigenvalue weighted by atomic mass is 10.4. The van der Waals surface area contributed by atoms with Gasteiger partial charge in [-0.25, -0.2) is 0 Å². The van der Waals surface area contributed by atoms with Crippen LogP contribution >= 0.6 is 31.9 Å². The van der Waals surface area contributed by atoms with Crippen molar-refractivity contribution in [2.75, 3.05) is 0 Å². The maximum atomic E-state index is 4.38. The van der Waals surface area contributed by atoms with Crippen LogP contribution in [0.2, 0.25) is 0 Å². The third kappa shape index (κ3) is 5.34. The van der Waals surface area contributed by atoms with Gasteiger partial charge in [-0.3, -0.25) is 11.7 Å². The topological polar surface area (TPSA) is 64.1 Å². The summed E-state index contributed by atoms with van der Waals surface area (Å²) in [4.78, 5) is 0. The molecule has 5 heteroatoms. The van der Waals surface area contributed by atoms with Crippen LogP contribution < -0.4 is 17.2 Å². The van der Waals surface area contributed by atoms with Gasteiger partial charge in [0.2, 0.25) is 0 Å². The summed E-state index contributed by atoms with van der Waals surface area (Å²) in [5.41, 5.74) is 1.75. The number of nitrogens with one attached hydrogen (secondary N) is 1. The summed E-state index contributed by atoms with van der Waals surface area (Å²) in [7, 11) is 0. The van der Waals surface area contributed by atoms with Gasteiger partial charge in [-0.05, 0) is 44.0 Å². The summed E-state index contributed by atoms with van der Waals surface area (Å²) >= 11 is 6.70. The predicted octanol–water partition coefficient (Wildman–Crippen LogP) is 1.53. The number of hydrogen-bond acceptors (Lipinski definition) is 3. The lowest BCUT2D eigenvalue weighted by molar-refractivity contribution is 0.803. The monoisotopic (exact) mass is 281 g/mol. The van der Waals surface area contributed by atoms with E-state index in [0.29, 0.717) is 0 Å². The zero-order valence-corrected chi connectivity index (χ0v) is 8.89. The average Bonchev–Trinajstić information content (AvgIpc) is 1.97. The van der Waals surface area contributed by atoms with Gasteiger partial charge in [-0.1, -0.05) is 12.1 Å². The van der Waals surface area contributed by atoms with Gasteiger partial charge < -0.3 is 0 Å². The largest absolute Gasteiger partial charge is 0.258 e. The van der Waals surface area contributed by atoms with Gasteiger partial charge >= 0.3 is 0 Å². The van der Waals surface area contributed by atoms with Crippen molar-refractivity contribution in [1.29, 1.82) is 0 Å². The molecule has 0 bridgehead atoms.